The van der Waals surface area contributed by atoms with Crippen LogP contribution < -0.4 is 4.74 Å². The van der Waals surface area contributed by atoms with Gasteiger partial charge in [-0.05, 0) is 55.7 Å². The molecule has 0 heterocycles. The van der Waals surface area contributed by atoms with Gasteiger partial charge in [-0.25, -0.2) is 4.79 Å². The number of nitro benzene ring substituents is 1. The van der Waals surface area contributed by atoms with E-state index in [1.54, 1.807) is 6.07 Å². The molecule has 0 N–H and O–H groups in total. The minimum Gasteiger partial charge on any atom is -0.478 e. The lowest BCUT2D eigenvalue weighted by atomic mass is 9.98. The van der Waals surface area contributed by atoms with Gasteiger partial charge in [-0.1, -0.05) is 6.07 Å². The minimum atomic E-state index is -0.693. The normalized spacial score (nSPS) is 10.3. The predicted octanol–water partition coefficient (Wildman–Crippen LogP) is 3.57. The van der Waals surface area contributed by atoms with E-state index in [2.05, 4.69) is 4.74 Å². The third-order valence-electron chi connectivity index (χ3n) is 4.08. The summed E-state index contributed by atoms with van der Waals surface area (Å²) < 4.78 is 9.91. The summed E-state index contributed by atoms with van der Waals surface area (Å²) in [7, 11) is 1.18. The molecule has 2 aromatic rings. The highest BCUT2D eigenvalue weighted by Crippen LogP contribution is 2.28. The second kappa shape index (κ2) is 7.77. The summed E-state index contributed by atoms with van der Waals surface area (Å²) in [6.45, 7) is 5.34. The Morgan fingerprint density at radius 1 is 1.04 bits per heavy atom. The van der Waals surface area contributed by atoms with Crippen LogP contribution in [0.4, 0.5) is 5.69 Å². The molecule has 0 saturated heterocycles. The first-order chi connectivity index (χ1) is 12.2. The largest absolute Gasteiger partial charge is 0.478 e. The number of esters is 1. The van der Waals surface area contributed by atoms with Crippen LogP contribution in [0.3, 0.4) is 0 Å². The number of aryl methyl sites for hydroxylation is 3. The van der Waals surface area contributed by atoms with Crippen molar-refractivity contribution in [1.82, 2.24) is 0 Å². The molecule has 0 radical (unpaired) electrons. The van der Waals surface area contributed by atoms with Crippen molar-refractivity contribution in [3.8, 4) is 5.75 Å². The summed E-state index contributed by atoms with van der Waals surface area (Å²) >= 11 is 0. The number of ketones is 1. The standard InChI is InChI=1S/C19H19NO6/c1-11-7-13(3)15(8-12(11)2)17(21)10-26-18-6-5-14(19(22)25-4)9-16(18)20(23)24/h5-9H,10H2,1-4H3. The summed E-state index contributed by atoms with van der Waals surface area (Å²) in [6.07, 6.45) is 0. The van der Waals surface area contributed by atoms with Gasteiger partial charge < -0.3 is 9.47 Å². The van der Waals surface area contributed by atoms with Gasteiger partial charge in [-0.2, -0.15) is 0 Å². The Morgan fingerprint density at radius 3 is 2.31 bits per heavy atom. The van der Waals surface area contributed by atoms with Crippen LogP contribution in [0.5, 0.6) is 5.75 Å². The molecule has 136 valence electrons. The van der Waals surface area contributed by atoms with E-state index in [4.69, 9.17) is 4.74 Å². The lowest BCUT2D eigenvalue weighted by Gasteiger charge is -2.11. The predicted molar refractivity (Wildman–Crippen MR) is 94.9 cm³/mol. The molecule has 0 unspecified atom stereocenters. The van der Waals surface area contributed by atoms with E-state index in [9.17, 15) is 19.7 Å². The number of rotatable bonds is 6. The smallest absolute Gasteiger partial charge is 0.338 e. The minimum absolute atomic E-state index is 0.0304. The number of ether oxygens (including phenoxy) is 2. The highest BCUT2D eigenvalue weighted by atomic mass is 16.6. The van der Waals surface area contributed by atoms with Crippen molar-refractivity contribution >= 4 is 17.4 Å². The lowest BCUT2D eigenvalue weighted by molar-refractivity contribution is -0.385. The number of hydrogen-bond acceptors (Lipinski definition) is 6. The van der Waals surface area contributed by atoms with Gasteiger partial charge in [0.05, 0.1) is 17.6 Å². The average Bonchev–Trinajstić information content (AvgIpc) is 2.61. The molecular formula is C19H19NO6. The van der Waals surface area contributed by atoms with Crippen molar-refractivity contribution < 1.29 is 24.0 Å². The Morgan fingerprint density at radius 2 is 1.69 bits per heavy atom. The van der Waals surface area contributed by atoms with Gasteiger partial charge in [-0.3, -0.25) is 14.9 Å². The summed E-state index contributed by atoms with van der Waals surface area (Å²) in [5.74, 6) is -1.06. The molecule has 2 aromatic carbocycles. The number of Topliss-reactive ketones (excluding diaryl/α,β-unsaturated/α-hetero) is 1. The number of hydrogen-bond donors (Lipinski definition) is 0. The summed E-state index contributed by atoms with van der Waals surface area (Å²) in [4.78, 5) is 34.5. The fraction of sp³-hybridized carbons (Fsp3) is 0.263. The molecule has 0 aliphatic rings. The number of nitro groups is 1. The van der Waals surface area contributed by atoms with Gasteiger partial charge in [-0.15, -0.1) is 0 Å². The number of carbonyl (C=O) groups excluding carboxylic acids is 2. The van der Waals surface area contributed by atoms with Crippen LogP contribution in [0.25, 0.3) is 0 Å². The van der Waals surface area contributed by atoms with E-state index in [1.165, 1.54) is 19.2 Å². The Kier molecular flexibility index (Phi) is 5.71. The van der Waals surface area contributed by atoms with E-state index < -0.39 is 16.6 Å². The Balaban J connectivity index is 2.24. The molecule has 2 rings (SSSR count). The molecule has 0 fully saturated rings. The zero-order valence-electron chi connectivity index (χ0n) is 15.0. The van der Waals surface area contributed by atoms with Gasteiger partial charge in [0.25, 0.3) is 0 Å². The molecule has 0 aromatic heterocycles. The van der Waals surface area contributed by atoms with Gasteiger partial charge in [0.1, 0.15) is 0 Å². The van der Waals surface area contributed by atoms with E-state index >= 15 is 0 Å². The fourth-order valence-electron chi connectivity index (χ4n) is 2.51. The monoisotopic (exact) mass is 357 g/mol. The molecule has 7 heteroatoms. The molecule has 0 aliphatic carbocycles. The zero-order chi connectivity index (χ0) is 19.4. The van der Waals surface area contributed by atoms with Crippen LogP contribution in [0.2, 0.25) is 0 Å². The van der Waals surface area contributed by atoms with Crippen LogP contribution in [0, 0.1) is 30.9 Å². The molecule has 0 amide bonds. The molecular weight excluding hydrogens is 338 g/mol. The first-order valence-corrected chi connectivity index (χ1v) is 7.85. The number of nitrogens with zero attached hydrogens (tertiary/aromatic N) is 1. The summed E-state index contributed by atoms with van der Waals surface area (Å²) in [5.41, 5.74) is 3.01. The molecule has 0 spiro atoms. The maximum absolute atomic E-state index is 12.4. The maximum atomic E-state index is 12.4. The lowest BCUT2D eigenvalue weighted by Crippen LogP contribution is -2.14. The topological polar surface area (TPSA) is 95.7 Å². The third kappa shape index (κ3) is 4.05. The number of benzene rings is 2. The maximum Gasteiger partial charge on any atom is 0.338 e. The van der Waals surface area contributed by atoms with Crippen molar-refractivity contribution in [3.63, 3.8) is 0 Å². The summed E-state index contributed by atoms with van der Waals surface area (Å²) in [5, 5.41) is 11.2. The third-order valence-corrected chi connectivity index (χ3v) is 4.08. The van der Waals surface area contributed by atoms with Crippen LogP contribution in [0.15, 0.2) is 30.3 Å². The molecule has 0 saturated carbocycles. The van der Waals surface area contributed by atoms with Crippen molar-refractivity contribution in [2.75, 3.05) is 13.7 Å². The van der Waals surface area contributed by atoms with Gasteiger partial charge >= 0.3 is 11.7 Å². The molecule has 26 heavy (non-hydrogen) atoms. The molecule has 0 aliphatic heterocycles. The quantitative estimate of drug-likeness (QED) is 0.339. The fourth-order valence-corrected chi connectivity index (χ4v) is 2.51. The second-order valence-electron chi connectivity index (χ2n) is 5.89. The SMILES string of the molecule is COC(=O)c1ccc(OCC(=O)c2cc(C)c(C)cc2C)c([N+](=O)[O-])c1. The highest BCUT2D eigenvalue weighted by molar-refractivity contribution is 5.99. The van der Waals surface area contributed by atoms with Crippen LogP contribution in [-0.2, 0) is 4.74 Å². The van der Waals surface area contributed by atoms with E-state index in [0.29, 0.717) is 5.56 Å². The zero-order valence-corrected chi connectivity index (χ0v) is 15.0. The number of methoxy groups -OCH3 is 1. The first-order valence-electron chi connectivity index (χ1n) is 7.85. The van der Waals surface area contributed by atoms with Crippen LogP contribution >= 0.6 is 0 Å². The van der Waals surface area contributed by atoms with Crippen LogP contribution in [0.1, 0.15) is 37.4 Å². The van der Waals surface area contributed by atoms with Gasteiger partial charge in [0.15, 0.2) is 18.1 Å². The first kappa shape index (κ1) is 19.1. The van der Waals surface area contributed by atoms with E-state index in [0.717, 1.165) is 22.8 Å². The van der Waals surface area contributed by atoms with Gasteiger partial charge in [0.2, 0.25) is 0 Å². The van der Waals surface area contributed by atoms with E-state index in [1.807, 2.05) is 26.8 Å². The van der Waals surface area contributed by atoms with Crippen molar-refractivity contribution in [2.45, 2.75) is 20.8 Å². The highest BCUT2D eigenvalue weighted by Gasteiger charge is 2.20. The second-order valence-corrected chi connectivity index (χ2v) is 5.89. The molecule has 0 atom stereocenters. The summed E-state index contributed by atoms with van der Waals surface area (Å²) in [6, 6.07) is 7.39. The van der Waals surface area contributed by atoms with E-state index in [-0.39, 0.29) is 23.7 Å². The Labute approximate surface area is 150 Å². The Bertz CT molecular complexity index is 888. The average molecular weight is 357 g/mol. The van der Waals surface area contributed by atoms with Crippen molar-refractivity contribution in [3.05, 3.63) is 68.3 Å². The van der Waals surface area contributed by atoms with Crippen molar-refractivity contribution in [2.24, 2.45) is 0 Å². The molecule has 7 nitrogen and oxygen atoms in total. The van der Waals surface area contributed by atoms with Crippen molar-refractivity contribution in [1.29, 1.82) is 0 Å². The van der Waals surface area contributed by atoms with Gasteiger partial charge in [0, 0.05) is 11.6 Å². The molecule has 0 bridgehead atoms. The van der Waals surface area contributed by atoms with Crippen LogP contribution in [-0.4, -0.2) is 30.4 Å². The number of carbonyl (C=O) groups is 2. The Hall–Kier alpha value is -3.22.